The molecule has 0 amide bonds. The van der Waals surface area contributed by atoms with E-state index in [9.17, 15) is 13.2 Å². The van der Waals surface area contributed by atoms with Crippen molar-refractivity contribution < 1.29 is 22.6 Å². The first-order valence-corrected chi connectivity index (χ1v) is 8.31. The molecule has 0 saturated heterocycles. The van der Waals surface area contributed by atoms with E-state index >= 15 is 0 Å². The van der Waals surface area contributed by atoms with Crippen LogP contribution in [0.5, 0.6) is 11.6 Å². The number of rotatable bonds is 5. The Labute approximate surface area is 147 Å². The van der Waals surface area contributed by atoms with E-state index in [1.54, 1.807) is 12.3 Å². The topological polar surface area (TPSA) is 31.4 Å². The molecular weight excluding hydrogens is 331 g/mol. The molecule has 2 aromatic rings. The van der Waals surface area contributed by atoms with Gasteiger partial charge in [-0.15, -0.1) is 0 Å². The lowest BCUT2D eigenvalue weighted by Crippen LogP contribution is -2.10. The van der Waals surface area contributed by atoms with Crippen molar-refractivity contribution in [3.05, 3.63) is 53.7 Å². The minimum absolute atomic E-state index is 0.223. The van der Waals surface area contributed by atoms with Gasteiger partial charge in [-0.05, 0) is 36.8 Å². The van der Waals surface area contributed by atoms with Crippen molar-refractivity contribution >= 4 is 0 Å². The highest BCUT2D eigenvalue weighted by Gasteiger charge is 2.29. The van der Waals surface area contributed by atoms with E-state index in [0.29, 0.717) is 11.6 Å². The van der Waals surface area contributed by atoms with Crippen LogP contribution in [0.25, 0.3) is 0 Å². The van der Waals surface area contributed by atoms with Crippen LogP contribution in [0.1, 0.15) is 38.8 Å². The Hall–Kier alpha value is -2.24. The molecule has 1 heterocycles. The standard InChI is InChI=1S/C15H14F3NO2.2C2H6/c1-11-2-7-14(19-10-11)21-9-8-20-13-5-3-12(4-6-13)15(16,17)18;2*1-2/h2-7,10H,8-9H2,1H3;2*1-2H3. The molecule has 0 aliphatic rings. The highest BCUT2D eigenvalue weighted by molar-refractivity contribution is 5.28. The van der Waals surface area contributed by atoms with Crippen molar-refractivity contribution in [3.8, 4) is 11.6 Å². The van der Waals surface area contributed by atoms with E-state index < -0.39 is 11.7 Å². The van der Waals surface area contributed by atoms with Crippen molar-refractivity contribution in [3.63, 3.8) is 0 Å². The van der Waals surface area contributed by atoms with Crippen LogP contribution in [0.4, 0.5) is 13.2 Å². The lowest BCUT2D eigenvalue weighted by atomic mass is 10.2. The molecule has 0 radical (unpaired) electrons. The summed E-state index contributed by atoms with van der Waals surface area (Å²) in [6, 6.07) is 8.15. The zero-order valence-electron chi connectivity index (χ0n) is 15.4. The smallest absolute Gasteiger partial charge is 0.416 e. The molecule has 0 bridgehead atoms. The van der Waals surface area contributed by atoms with Crippen LogP contribution < -0.4 is 9.47 Å². The van der Waals surface area contributed by atoms with Crippen LogP contribution in [0.2, 0.25) is 0 Å². The molecule has 0 N–H and O–H groups in total. The maximum absolute atomic E-state index is 12.4. The Kier molecular flexibility index (Phi) is 11.1. The van der Waals surface area contributed by atoms with Gasteiger partial charge in [0.05, 0.1) is 5.56 Å². The van der Waals surface area contributed by atoms with E-state index in [0.717, 1.165) is 17.7 Å². The predicted octanol–water partition coefficient (Wildman–Crippen LogP) is 5.92. The maximum Gasteiger partial charge on any atom is 0.416 e. The predicted molar refractivity (Wildman–Crippen MR) is 94.1 cm³/mol. The number of aromatic nitrogens is 1. The molecule has 0 aliphatic heterocycles. The molecule has 1 aromatic heterocycles. The van der Waals surface area contributed by atoms with Crippen LogP contribution in [0, 0.1) is 6.92 Å². The van der Waals surface area contributed by atoms with Crippen molar-refractivity contribution in [2.45, 2.75) is 40.8 Å². The number of alkyl halides is 3. The zero-order valence-corrected chi connectivity index (χ0v) is 15.4. The number of benzene rings is 1. The molecule has 1 aromatic carbocycles. The van der Waals surface area contributed by atoms with Gasteiger partial charge in [0.25, 0.3) is 0 Å². The summed E-state index contributed by atoms with van der Waals surface area (Å²) in [5, 5.41) is 0. The Morgan fingerprint density at radius 3 is 1.88 bits per heavy atom. The Bertz CT molecular complexity index is 567. The number of pyridine rings is 1. The normalized spacial score (nSPS) is 9.92. The number of halogens is 3. The molecule has 3 nitrogen and oxygen atoms in total. The molecule has 0 saturated carbocycles. The Morgan fingerprint density at radius 2 is 1.40 bits per heavy atom. The SMILES string of the molecule is CC.CC.Cc1ccc(OCCOc2ccc(C(F)(F)F)cc2)nc1. The highest BCUT2D eigenvalue weighted by Crippen LogP contribution is 2.30. The average Bonchev–Trinajstić information content (AvgIpc) is 2.63. The lowest BCUT2D eigenvalue weighted by molar-refractivity contribution is -0.137. The van der Waals surface area contributed by atoms with E-state index in [4.69, 9.17) is 9.47 Å². The van der Waals surface area contributed by atoms with Crippen molar-refractivity contribution in [1.29, 1.82) is 0 Å². The molecule has 0 aliphatic carbocycles. The third-order valence-corrected chi connectivity index (χ3v) is 2.67. The number of aryl methyl sites for hydroxylation is 1. The fourth-order valence-electron chi connectivity index (χ4n) is 1.59. The average molecular weight is 357 g/mol. The summed E-state index contributed by atoms with van der Waals surface area (Å²) in [6.07, 6.45) is -2.65. The second-order valence-electron chi connectivity index (χ2n) is 4.39. The Morgan fingerprint density at radius 1 is 0.840 bits per heavy atom. The van der Waals surface area contributed by atoms with E-state index in [2.05, 4.69) is 4.98 Å². The minimum Gasteiger partial charge on any atom is -0.490 e. The highest BCUT2D eigenvalue weighted by atomic mass is 19.4. The van der Waals surface area contributed by atoms with Gasteiger partial charge in [0.15, 0.2) is 0 Å². The van der Waals surface area contributed by atoms with Crippen LogP contribution in [0.3, 0.4) is 0 Å². The van der Waals surface area contributed by atoms with Gasteiger partial charge in [0.1, 0.15) is 19.0 Å². The molecule has 0 spiro atoms. The van der Waals surface area contributed by atoms with Crippen molar-refractivity contribution in [2.75, 3.05) is 13.2 Å². The summed E-state index contributed by atoms with van der Waals surface area (Å²) in [4.78, 5) is 4.06. The lowest BCUT2D eigenvalue weighted by Gasteiger charge is -2.09. The molecule has 0 atom stereocenters. The quantitative estimate of drug-likeness (QED) is 0.623. The van der Waals surface area contributed by atoms with Gasteiger partial charge in [-0.25, -0.2) is 4.98 Å². The monoisotopic (exact) mass is 357 g/mol. The summed E-state index contributed by atoms with van der Waals surface area (Å²) >= 11 is 0. The maximum atomic E-state index is 12.4. The number of hydrogen-bond acceptors (Lipinski definition) is 3. The van der Waals surface area contributed by atoms with Gasteiger partial charge in [-0.3, -0.25) is 0 Å². The summed E-state index contributed by atoms with van der Waals surface area (Å²) in [5.41, 5.74) is 0.332. The van der Waals surface area contributed by atoms with Crippen LogP contribution >= 0.6 is 0 Å². The number of ether oxygens (including phenoxy) is 2. The first-order valence-electron chi connectivity index (χ1n) is 8.31. The van der Waals surface area contributed by atoms with Gasteiger partial charge < -0.3 is 9.47 Å². The molecular formula is C19H26F3NO2. The molecule has 2 rings (SSSR count). The van der Waals surface area contributed by atoms with Gasteiger partial charge in [0, 0.05) is 12.3 Å². The number of nitrogens with zero attached hydrogens (tertiary/aromatic N) is 1. The minimum atomic E-state index is -4.33. The third-order valence-electron chi connectivity index (χ3n) is 2.67. The molecule has 0 unspecified atom stereocenters. The van der Waals surface area contributed by atoms with Crippen LogP contribution in [-0.2, 0) is 6.18 Å². The summed E-state index contributed by atoms with van der Waals surface area (Å²) in [5.74, 6) is 0.847. The number of hydrogen-bond donors (Lipinski definition) is 0. The largest absolute Gasteiger partial charge is 0.490 e. The third kappa shape index (κ3) is 8.98. The summed E-state index contributed by atoms with van der Waals surface area (Å²) < 4.78 is 47.8. The molecule has 25 heavy (non-hydrogen) atoms. The zero-order chi connectivity index (χ0) is 19.3. The van der Waals surface area contributed by atoms with Crippen LogP contribution in [0.15, 0.2) is 42.6 Å². The van der Waals surface area contributed by atoms with E-state index in [-0.39, 0.29) is 13.2 Å². The van der Waals surface area contributed by atoms with Gasteiger partial charge >= 0.3 is 6.18 Å². The van der Waals surface area contributed by atoms with Gasteiger partial charge in [-0.1, -0.05) is 33.8 Å². The second kappa shape index (κ2) is 12.2. The van der Waals surface area contributed by atoms with Crippen LogP contribution in [-0.4, -0.2) is 18.2 Å². The molecule has 6 heteroatoms. The molecule has 0 fully saturated rings. The van der Waals surface area contributed by atoms with E-state index in [1.807, 2.05) is 40.7 Å². The summed E-state index contributed by atoms with van der Waals surface area (Å²) in [6.45, 7) is 10.4. The van der Waals surface area contributed by atoms with Crippen molar-refractivity contribution in [2.24, 2.45) is 0 Å². The first-order chi connectivity index (χ1) is 11.9. The molecule has 140 valence electrons. The van der Waals surface area contributed by atoms with Crippen molar-refractivity contribution in [1.82, 2.24) is 4.98 Å². The first kappa shape index (κ1) is 22.8. The van der Waals surface area contributed by atoms with Gasteiger partial charge in [0.2, 0.25) is 5.88 Å². The second-order valence-corrected chi connectivity index (χ2v) is 4.39. The summed E-state index contributed by atoms with van der Waals surface area (Å²) in [7, 11) is 0. The fourth-order valence-corrected chi connectivity index (χ4v) is 1.59. The van der Waals surface area contributed by atoms with Gasteiger partial charge in [-0.2, -0.15) is 13.2 Å². The van der Waals surface area contributed by atoms with E-state index in [1.165, 1.54) is 12.1 Å². The fraction of sp³-hybridized carbons (Fsp3) is 0.421. The Balaban J connectivity index is 0.00000134.